The second-order valence-electron chi connectivity index (χ2n) is 3.02. The van der Waals surface area contributed by atoms with E-state index in [2.05, 4.69) is 4.98 Å². The molecule has 1 aromatic heterocycles. The lowest BCUT2D eigenvalue weighted by molar-refractivity contribution is -0.389. The lowest BCUT2D eigenvalue weighted by Crippen LogP contribution is -1.90. The van der Waals surface area contributed by atoms with Gasteiger partial charge in [0.1, 0.15) is 0 Å². The molecule has 0 spiro atoms. The van der Waals surface area contributed by atoms with Gasteiger partial charge in [0.15, 0.2) is 6.20 Å². The van der Waals surface area contributed by atoms with Crippen molar-refractivity contribution in [3.05, 3.63) is 58.8 Å². The molecule has 80 valence electrons. The van der Waals surface area contributed by atoms with Crippen LogP contribution in [0.15, 0.2) is 58.5 Å². The third-order valence-electron chi connectivity index (χ3n) is 1.89. The summed E-state index contributed by atoms with van der Waals surface area (Å²) in [6.07, 6.45) is 1.51. The van der Waals surface area contributed by atoms with Gasteiger partial charge in [-0.2, -0.15) is 0 Å². The van der Waals surface area contributed by atoms with Crippen molar-refractivity contribution in [3.8, 4) is 0 Å². The van der Waals surface area contributed by atoms with Gasteiger partial charge in [0, 0.05) is 11.0 Å². The summed E-state index contributed by atoms with van der Waals surface area (Å²) in [5.41, 5.74) is 0. The van der Waals surface area contributed by atoms with Crippen LogP contribution in [-0.2, 0) is 0 Å². The van der Waals surface area contributed by atoms with Crippen molar-refractivity contribution in [2.75, 3.05) is 0 Å². The van der Waals surface area contributed by atoms with Gasteiger partial charge < -0.3 is 10.1 Å². The van der Waals surface area contributed by atoms with Gasteiger partial charge in [-0.25, -0.2) is 0 Å². The minimum Gasteiger partial charge on any atom is -0.358 e. The number of pyridine rings is 1. The van der Waals surface area contributed by atoms with Crippen LogP contribution in [0, 0.1) is 10.1 Å². The summed E-state index contributed by atoms with van der Waals surface area (Å²) < 4.78 is 0. The molecular weight excluding hydrogens is 224 g/mol. The molecule has 0 N–H and O–H groups in total. The minimum atomic E-state index is -0.503. The number of hydrogen-bond donors (Lipinski definition) is 0. The molecule has 0 aliphatic carbocycles. The highest BCUT2D eigenvalue weighted by molar-refractivity contribution is 7.99. The Morgan fingerprint density at radius 3 is 2.38 bits per heavy atom. The van der Waals surface area contributed by atoms with Crippen molar-refractivity contribution in [1.29, 1.82) is 0 Å². The highest BCUT2D eigenvalue weighted by Crippen LogP contribution is 2.27. The fraction of sp³-hybridized carbons (Fsp3) is 0. The van der Waals surface area contributed by atoms with E-state index in [0.717, 1.165) is 9.79 Å². The summed E-state index contributed by atoms with van der Waals surface area (Å²) in [5.74, 6) is -0.127. The third kappa shape index (κ3) is 2.58. The predicted molar refractivity (Wildman–Crippen MR) is 61.5 cm³/mol. The molecule has 0 bridgehead atoms. The lowest BCUT2D eigenvalue weighted by atomic mass is 10.4. The van der Waals surface area contributed by atoms with Crippen molar-refractivity contribution >= 4 is 17.6 Å². The average Bonchev–Trinajstić information content (AvgIpc) is 2.31. The van der Waals surface area contributed by atoms with Crippen LogP contribution in [0.5, 0.6) is 0 Å². The number of aromatic nitrogens is 1. The zero-order valence-corrected chi connectivity index (χ0v) is 9.05. The maximum Gasteiger partial charge on any atom is 0.363 e. The standard InChI is InChI=1S/C11H8N2O2S/c14-13(15)11-7-6-10(8-12-11)16-9-4-2-1-3-5-9/h1-8H. The maximum absolute atomic E-state index is 10.4. The fourth-order valence-corrected chi connectivity index (χ4v) is 1.97. The van der Waals surface area contributed by atoms with Crippen molar-refractivity contribution in [3.63, 3.8) is 0 Å². The van der Waals surface area contributed by atoms with E-state index in [-0.39, 0.29) is 5.82 Å². The third-order valence-corrected chi connectivity index (χ3v) is 2.87. The van der Waals surface area contributed by atoms with E-state index in [1.54, 1.807) is 6.07 Å². The number of rotatable bonds is 3. The highest BCUT2D eigenvalue weighted by atomic mass is 32.2. The van der Waals surface area contributed by atoms with Gasteiger partial charge in [0.25, 0.3) is 0 Å². The van der Waals surface area contributed by atoms with E-state index in [9.17, 15) is 10.1 Å². The number of benzene rings is 1. The first-order valence-corrected chi connectivity index (χ1v) is 5.41. The van der Waals surface area contributed by atoms with Gasteiger partial charge in [-0.3, -0.25) is 0 Å². The SMILES string of the molecule is O=[N+]([O-])c1ccc(Sc2ccccc2)cn1. The molecule has 1 heterocycles. The molecule has 0 saturated carbocycles. The molecule has 16 heavy (non-hydrogen) atoms. The molecule has 0 atom stereocenters. The first-order valence-electron chi connectivity index (χ1n) is 4.59. The zero-order valence-electron chi connectivity index (χ0n) is 8.24. The lowest BCUT2D eigenvalue weighted by Gasteiger charge is -1.98. The van der Waals surface area contributed by atoms with Crippen LogP contribution in [0.4, 0.5) is 5.82 Å². The molecule has 0 radical (unpaired) electrons. The Kier molecular flexibility index (Phi) is 3.16. The molecule has 0 aliphatic rings. The summed E-state index contributed by atoms with van der Waals surface area (Å²) in [7, 11) is 0. The molecule has 1 aromatic carbocycles. The van der Waals surface area contributed by atoms with Gasteiger partial charge in [-0.05, 0) is 28.1 Å². The van der Waals surface area contributed by atoms with E-state index < -0.39 is 4.92 Å². The van der Waals surface area contributed by atoms with E-state index >= 15 is 0 Å². The quantitative estimate of drug-likeness (QED) is 0.602. The highest BCUT2D eigenvalue weighted by Gasteiger charge is 2.06. The number of nitro groups is 1. The van der Waals surface area contributed by atoms with Crippen LogP contribution in [-0.4, -0.2) is 9.91 Å². The molecule has 4 nitrogen and oxygen atoms in total. The molecule has 2 aromatic rings. The Morgan fingerprint density at radius 1 is 1.06 bits per heavy atom. The van der Waals surface area contributed by atoms with Crippen LogP contribution < -0.4 is 0 Å². The fourth-order valence-electron chi connectivity index (χ4n) is 1.17. The Balaban J connectivity index is 2.14. The monoisotopic (exact) mass is 232 g/mol. The molecule has 2 rings (SSSR count). The number of hydrogen-bond acceptors (Lipinski definition) is 4. The molecule has 0 aliphatic heterocycles. The Bertz CT molecular complexity index is 485. The van der Waals surface area contributed by atoms with Crippen LogP contribution in [0.25, 0.3) is 0 Å². The normalized spacial score (nSPS) is 10.0. The molecule has 0 fully saturated rings. The van der Waals surface area contributed by atoms with Gasteiger partial charge in [0.2, 0.25) is 0 Å². The summed E-state index contributed by atoms with van der Waals surface area (Å²) in [6, 6.07) is 12.9. The summed E-state index contributed by atoms with van der Waals surface area (Å²) in [4.78, 5) is 15.6. The van der Waals surface area contributed by atoms with Gasteiger partial charge in [-0.1, -0.05) is 30.0 Å². The largest absolute Gasteiger partial charge is 0.363 e. The predicted octanol–water partition coefficient (Wildman–Crippen LogP) is 3.14. The van der Waals surface area contributed by atoms with Crippen LogP contribution in [0.1, 0.15) is 0 Å². The van der Waals surface area contributed by atoms with Crippen LogP contribution in [0.3, 0.4) is 0 Å². The molecule has 0 saturated heterocycles. The van der Waals surface area contributed by atoms with Crippen LogP contribution >= 0.6 is 11.8 Å². The smallest absolute Gasteiger partial charge is 0.358 e. The molecule has 5 heteroatoms. The van der Waals surface area contributed by atoms with Crippen molar-refractivity contribution < 1.29 is 4.92 Å². The van der Waals surface area contributed by atoms with Gasteiger partial charge in [0.05, 0.1) is 4.90 Å². The summed E-state index contributed by atoms with van der Waals surface area (Å²) >= 11 is 1.52. The zero-order chi connectivity index (χ0) is 11.4. The van der Waals surface area contributed by atoms with Gasteiger partial charge in [-0.15, -0.1) is 0 Å². The maximum atomic E-state index is 10.4. The van der Waals surface area contributed by atoms with E-state index in [1.165, 1.54) is 24.0 Å². The van der Waals surface area contributed by atoms with Crippen molar-refractivity contribution in [2.24, 2.45) is 0 Å². The van der Waals surface area contributed by atoms with Crippen molar-refractivity contribution in [2.45, 2.75) is 9.79 Å². The minimum absolute atomic E-state index is 0.127. The Morgan fingerprint density at radius 2 is 1.81 bits per heavy atom. The van der Waals surface area contributed by atoms with E-state index in [4.69, 9.17) is 0 Å². The Hall–Kier alpha value is -1.88. The topological polar surface area (TPSA) is 56.0 Å². The summed E-state index contributed by atoms with van der Waals surface area (Å²) in [5, 5.41) is 10.4. The van der Waals surface area contributed by atoms with Crippen molar-refractivity contribution in [1.82, 2.24) is 4.98 Å². The average molecular weight is 232 g/mol. The summed E-state index contributed by atoms with van der Waals surface area (Å²) in [6.45, 7) is 0. The van der Waals surface area contributed by atoms with E-state index in [1.807, 2.05) is 30.3 Å². The van der Waals surface area contributed by atoms with Gasteiger partial charge >= 0.3 is 5.82 Å². The first kappa shape index (κ1) is 10.6. The Labute approximate surface area is 96.5 Å². The van der Waals surface area contributed by atoms with Crippen LogP contribution in [0.2, 0.25) is 0 Å². The second-order valence-corrected chi connectivity index (χ2v) is 4.17. The molecule has 0 unspecified atom stereocenters. The number of nitrogens with zero attached hydrogens (tertiary/aromatic N) is 2. The second kappa shape index (κ2) is 4.76. The molecule has 0 amide bonds. The first-order chi connectivity index (χ1) is 7.75. The van der Waals surface area contributed by atoms with E-state index in [0.29, 0.717) is 0 Å². The molecular formula is C11H8N2O2S.